The van der Waals surface area contributed by atoms with Crippen molar-refractivity contribution < 1.29 is 19.9 Å². The maximum atomic E-state index is 10.9. The molecule has 0 aliphatic carbocycles. The van der Waals surface area contributed by atoms with Crippen LogP contribution in [-0.2, 0) is 0 Å². The van der Waals surface area contributed by atoms with Crippen molar-refractivity contribution in [2.24, 2.45) is 5.11 Å². The number of hydrogen-bond donors (Lipinski definition) is 2. The SMILES string of the molecule is COc1ccc([N+](=O)[O-])c(C(O)C(O)CCN=[N+]=[N-])n1. The van der Waals surface area contributed by atoms with Gasteiger partial charge in [-0.3, -0.25) is 10.1 Å². The normalized spacial score (nSPS) is 13.2. The lowest BCUT2D eigenvalue weighted by Gasteiger charge is -2.16. The molecule has 0 fully saturated rings. The Labute approximate surface area is 113 Å². The molecule has 0 aliphatic heterocycles. The molecule has 0 bridgehead atoms. The average Bonchev–Trinajstić information content (AvgIpc) is 2.45. The number of pyridine rings is 1. The number of nitrogens with zero attached hydrogens (tertiary/aromatic N) is 5. The molecule has 10 nitrogen and oxygen atoms in total. The molecule has 2 atom stereocenters. The van der Waals surface area contributed by atoms with Gasteiger partial charge >= 0.3 is 0 Å². The van der Waals surface area contributed by atoms with Crippen LogP contribution >= 0.6 is 0 Å². The van der Waals surface area contributed by atoms with Gasteiger partial charge in [0.05, 0.1) is 18.1 Å². The smallest absolute Gasteiger partial charge is 0.293 e. The van der Waals surface area contributed by atoms with Crippen molar-refractivity contribution in [1.29, 1.82) is 0 Å². The van der Waals surface area contributed by atoms with Crippen molar-refractivity contribution in [3.8, 4) is 5.88 Å². The van der Waals surface area contributed by atoms with E-state index in [1.54, 1.807) is 0 Å². The molecule has 0 saturated carbocycles. The average molecular weight is 283 g/mol. The zero-order valence-electron chi connectivity index (χ0n) is 10.6. The maximum Gasteiger partial charge on any atom is 0.293 e. The summed E-state index contributed by atoms with van der Waals surface area (Å²) >= 11 is 0. The summed E-state index contributed by atoms with van der Waals surface area (Å²) in [6.45, 7) is -0.0491. The second kappa shape index (κ2) is 7.24. The minimum Gasteiger partial charge on any atom is -0.481 e. The summed E-state index contributed by atoms with van der Waals surface area (Å²) in [5.74, 6) is 0.0758. The molecule has 0 aromatic carbocycles. The lowest BCUT2D eigenvalue weighted by molar-refractivity contribution is -0.386. The number of azide groups is 1. The molecule has 2 N–H and O–H groups in total. The Bertz CT molecular complexity index is 531. The maximum absolute atomic E-state index is 10.9. The number of aliphatic hydroxyl groups excluding tert-OH is 2. The molecule has 0 spiro atoms. The summed E-state index contributed by atoms with van der Waals surface area (Å²) < 4.78 is 4.82. The zero-order chi connectivity index (χ0) is 15.1. The van der Waals surface area contributed by atoms with E-state index in [1.165, 1.54) is 13.2 Å². The molecular formula is C10H13N5O5. The Morgan fingerprint density at radius 2 is 2.30 bits per heavy atom. The Morgan fingerprint density at radius 1 is 1.60 bits per heavy atom. The van der Waals surface area contributed by atoms with Gasteiger partial charge in [-0.15, -0.1) is 0 Å². The molecule has 1 aromatic rings. The first-order valence-corrected chi connectivity index (χ1v) is 5.57. The van der Waals surface area contributed by atoms with Crippen LogP contribution in [0.25, 0.3) is 10.4 Å². The predicted molar refractivity (Wildman–Crippen MR) is 67.0 cm³/mol. The molecule has 20 heavy (non-hydrogen) atoms. The lowest BCUT2D eigenvalue weighted by atomic mass is 10.1. The van der Waals surface area contributed by atoms with E-state index in [0.29, 0.717) is 0 Å². The summed E-state index contributed by atoms with van der Waals surface area (Å²) in [5.41, 5.74) is 7.38. The van der Waals surface area contributed by atoms with Crippen LogP contribution in [0.3, 0.4) is 0 Å². The second-order valence-corrected chi connectivity index (χ2v) is 3.77. The highest BCUT2D eigenvalue weighted by Crippen LogP contribution is 2.28. The number of rotatable bonds is 7. The monoisotopic (exact) mass is 283 g/mol. The summed E-state index contributed by atoms with van der Waals surface area (Å²) in [4.78, 5) is 16.4. The van der Waals surface area contributed by atoms with E-state index in [1.807, 2.05) is 0 Å². The van der Waals surface area contributed by atoms with Crippen molar-refractivity contribution in [2.75, 3.05) is 13.7 Å². The van der Waals surface area contributed by atoms with E-state index in [-0.39, 0.29) is 24.5 Å². The van der Waals surface area contributed by atoms with Crippen molar-refractivity contribution >= 4 is 5.69 Å². The molecule has 108 valence electrons. The van der Waals surface area contributed by atoms with E-state index >= 15 is 0 Å². The van der Waals surface area contributed by atoms with Gasteiger partial charge in [-0.05, 0) is 12.0 Å². The first kappa shape index (κ1) is 15.6. The Morgan fingerprint density at radius 3 is 2.85 bits per heavy atom. The van der Waals surface area contributed by atoms with Gasteiger partial charge in [0.15, 0.2) is 5.69 Å². The summed E-state index contributed by atoms with van der Waals surface area (Å²) in [5, 5.41) is 33.7. The minimum atomic E-state index is -1.58. The number of hydrogen-bond acceptors (Lipinski definition) is 7. The number of methoxy groups -OCH3 is 1. The molecular weight excluding hydrogens is 270 g/mol. The van der Waals surface area contributed by atoms with Crippen molar-refractivity contribution in [2.45, 2.75) is 18.6 Å². The van der Waals surface area contributed by atoms with Gasteiger partial charge < -0.3 is 14.9 Å². The Hall–Kier alpha value is -2.42. The summed E-state index contributed by atoms with van der Waals surface area (Å²) in [7, 11) is 1.32. The zero-order valence-corrected chi connectivity index (χ0v) is 10.6. The Balaban J connectivity index is 3.02. The van der Waals surface area contributed by atoms with Gasteiger partial charge in [-0.1, -0.05) is 5.11 Å². The largest absolute Gasteiger partial charge is 0.481 e. The van der Waals surface area contributed by atoms with Crippen molar-refractivity contribution in [3.63, 3.8) is 0 Å². The van der Waals surface area contributed by atoms with Crippen LogP contribution in [0.5, 0.6) is 5.88 Å². The van der Waals surface area contributed by atoms with Crippen LogP contribution in [0.15, 0.2) is 17.2 Å². The van der Waals surface area contributed by atoms with E-state index in [9.17, 15) is 20.3 Å². The molecule has 0 radical (unpaired) electrons. The molecule has 1 aromatic heterocycles. The van der Waals surface area contributed by atoms with Gasteiger partial charge in [0, 0.05) is 23.6 Å². The third-order valence-corrected chi connectivity index (χ3v) is 2.52. The topological polar surface area (TPSA) is 154 Å². The molecule has 0 amide bonds. The van der Waals surface area contributed by atoms with E-state index in [2.05, 4.69) is 15.0 Å². The van der Waals surface area contributed by atoms with Crippen LogP contribution in [0.1, 0.15) is 18.2 Å². The predicted octanol–water partition coefficient (Wildman–Crippen LogP) is 1.09. The first-order valence-electron chi connectivity index (χ1n) is 5.57. The molecule has 1 rings (SSSR count). The van der Waals surface area contributed by atoms with E-state index in [4.69, 9.17) is 10.3 Å². The van der Waals surface area contributed by atoms with Gasteiger partial charge in [0.1, 0.15) is 6.10 Å². The highest BCUT2D eigenvalue weighted by Gasteiger charge is 2.28. The molecule has 0 aliphatic rings. The van der Waals surface area contributed by atoms with Crippen molar-refractivity contribution in [1.82, 2.24) is 4.98 Å². The highest BCUT2D eigenvalue weighted by atomic mass is 16.6. The van der Waals surface area contributed by atoms with Crippen LogP contribution in [0.2, 0.25) is 0 Å². The van der Waals surface area contributed by atoms with Gasteiger partial charge in [0.25, 0.3) is 5.69 Å². The van der Waals surface area contributed by atoms with Gasteiger partial charge in [0.2, 0.25) is 5.88 Å². The Kier molecular flexibility index (Phi) is 5.66. The van der Waals surface area contributed by atoms with E-state index in [0.717, 1.165) is 6.07 Å². The van der Waals surface area contributed by atoms with Crippen LogP contribution < -0.4 is 4.74 Å². The fourth-order valence-corrected chi connectivity index (χ4v) is 1.51. The quantitative estimate of drug-likeness (QED) is 0.251. The number of nitro groups is 1. The van der Waals surface area contributed by atoms with Gasteiger partial charge in [-0.25, -0.2) is 4.98 Å². The standard InChI is InChI=1S/C10H13N5O5/c1-20-8-3-2-6(15(18)19)9(13-8)10(17)7(16)4-5-12-14-11/h2-3,7,10,16-17H,4-5H2,1H3. The van der Waals surface area contributed by atoms with Crippen LogP contribution in [0.4, 0.5) is 5.69 Å². The summed E-state index contributed by atoms with van der Waals surface area (Å²) in [6.07, 6.45) is -2.99. The fraction of sp³-hybridized carbons (Fsp3) is 0.500. The molecule has 0 saturated heterocycles. The van der Waals surface area contributed by atoms with Crippen LogP contribution in [-0.4, -0.2) is 39.9 Å². The molecule has 2 unspecified atom stereocenters. The fourth-order valence-electron chi connectivity index (χ4n) is 1.51. The third kappa shape index (κ3) is 3.79. The summed E-state index contributed by atoms with van der Waals surface area (Å²) in [6, 6.07) is 2.41. The van der Waals surface area contributed by atoms with Crippen LogP contribution in [0, 0.1) is 10.1 Å². The first-order chi connectivity index (χ1) is 9.51. The molecule has 1 heterocycles. The van der Waals surface area contributed by atoms with E-state index < -0.39 is 22.8 Å². The number of aliphatic hydroxyl groups is 2. The van der Waals surface area contributed by atoms with Gasteiger partial charge in [-0.2, -0.15) is 0 Å². The molecule has 10 heteroatoms. The second-order valence-electron chi connectivity index (χ2n) is 3.77. The van der Waals surface area contributed by atoms with Crippen molar-refractivity contribution in [3.05, 3.63) is 38.4 Å². The minimum absolute atomic E-state index is 0.0491. The third-order valence-electron chi connectivity index (χ3n) is 2.52. The number of aromatic nitrogens is 1. The number of ether oxygens (including phenoxy) is 1. The highest BCUT2D eigenvalue weighted by molar-refractivity contribution is 5.39. The lowest BCUT2D eigenvalue weighted by Crippen LogP contribution is -2.21.